The summed E-state index contributed by atoms with van der Waals surface area (Å²) in [6.45, 7) is 3.28. The van der Waals surface area contributed by atoms with Crippen LogP contribution in [-0.2, 0) is 0 Å². The topological polar surface area (TPSA) is 42.6 Å². The van der Waals surface area contributed by atoms with Crippen LogP contribution in [0.5, 0.6) is 5.75 Å². The number of ether oxygens (including phenoxy) is 1. The maximum Gasteiger partial charge on any atom is 0.160 e. The van der Waals surface area contributed by atoms with E-state index in [4.69, 9.17) is 9.73 Å². The first kappa shape index (κ1) is 17.4. The first-order valence-corrected chi connectivity index (χ1v) is 10.4. The summed E-state index contributed by atoms with van der Waals surface area (Å²) in [5, 5.41) is 1.71. The third-order valence-electron chi connectivity index (χ3n) is 5.31. The van der Waals surface area contributed by atoms with Crippen LogP contribution in [0.2, 0.25) is 0 Å². The highest BCUT2D eigenvalue weighted by Gasteiger charge is 2.43. The molecule has 5 rings (SSSR count). The lowest BCUT2D eigenvalue weighted by atomic mass is 9.99. The summed E-state index contributed by atoms with van der Waals surface area (Å²) in [5.74, 6) is 0.864. The summed E-state index contributed by atoms with van der Waals surface area (Å²) >= 11 is 1.87. The lowest BCUT2D eigenvalue weighted by Gasteiger charge is -2.26. The highest BCUT2D eigenvalue weighted by atomic mass is 32.2. The molecule has 0 radical (unpaired) electrons. The molecule has 0 amide bonds. The van der Waals surface area contributed by atoms with Crippen molar-refractivity contribution >= 4 is 16.9 Å². The molecule has 0 saturated carbocycles. The Morgan fingerprint density at radius 3 is 2.71 bits per heavy atom. The summed E-state index contributed by atoms with van der Waals surface area (Å²) in [7, 11) is 1.69. The first-order valence-electron chi connectivity index (χ1n) is 9.47. The van der Waals surface area contributed by atoms with E-state index in [0.717, 1.165) is 28.8 Å². The minimum absolute atomic E-state index is 0.0305. The Morgan fingerprint density at radius 2 is 1.96 bits per heavy atom. The van der Waals surface area contributed by atoms with E-state index in [9.17, 15) is 0 Å². The number of rotatable bonds is 4. The van der Waals surface area contributed by atoms with Gasteiger partial charge in [0.1, 0.15) is 11.8 Å². The van der Waals surface area contributed by atoms with Crippen molar-refractivity contribution in [1.29, 1.82) is 0 Å². The highest BCUT2D eigenvalue weighted by Crippen LogP contribution is 2.47. The lowest BCUT2D eigenvalue weighted by molar-refractivity contribution is 0.321. The van der Waals surface area contributed by atoms with E-state index < -0.39 is 0 Å². The van der Waals surface area contributed by atoms with Crippen molar-refractivity contribution in [2.24, 2.45) is 4.99 Å². The lowest BCUT2D eigenvalue weighted by Crippen LogP contribution is -2.28. The minimum atomic E-state index is 0.0305. The Balaban J connectivity index is 1.50. The fourth-order valence-electron chi connectivity index (χ4n) is 3.98. The van der Waals surface area contributed by atoms with E-state index in [-0.39, 0.29) is 12.1 Å². The van der Waals surface area contributed by atoms with Crippen molar-refractivity contribution in [3.63, 3.8) is 0 Å². The highest BCUT2D eigenvalue weighted by molar-refractivity contribution is 8.14. The number of amidine groups is 1. The van der Waals surface area contributed by atoms with Crippen LogP contribution in [0.25, 0.3) is 5.69 Å². The van der Waals surface area contributed by atoms with Gasteiger partial charge in [-0.1, -0.05) is 24.8 Å². The molecule has 2 aliphatic heterocycles. The van der Waals surface area contributed by atoms with Crippen molar-refractivity contribution in [1.82, 2.24) is 14.5 Å². The number of pyridine rings is 1. The van der Waals surface area contributed by atoms with Crippen molar-refractivity contribution in [2.75, 3.05) is 13.7 Å². The third-order valence-corrected chi connectivity index (χ3v) is 6.41. The predicted octanol–water partition coefficient (Wildman–Crippen LogP) is 4.47. The average Bonchev–Trinajstić information content (AvgIpc) is 3.43. The van der Waals surface area contributed by atoms with Crippen LogP contribution < -0.4 is 4.74 Å². The number of benzene rings is 1. The van der Waals surface area contributed by atoms with E-state index in [1.807, 2.05) is 42.2 Å². The molecule has 0 N–H and O–H groups in total. The molecule has 2 aliphatic rings. The van der Waals surface area contributed by atoms with Gasteiger partial charge in [0, 0.05) is 36.1 Å². The van der Waals surface area contributed by atoms with Crippen LogP contribution in [0.4, 0.5) is 0 Å². The van der Waals surface area contributed by atoms with Crippen molar-refractivity contribution < 1.29 is 4.74 Å². The number of aliphatic imine (C=N–C) groups is 1. The largest absolute Gasteiger partial charge is 0.497 e. The van der Waals surface area contributed by atoms with Gasteiger partial charge in [0.2, 0.25) is 0 Å². The van der Waals surface area contributed by atoms with E-state index in [2.05, 4.69) is 58.0 Å². The molecule has 0 bridgehead atoms. The molecule has 28 heavy (non-hydrogen) atoms. The van der Waals surface area contributed by atoms with Gasteiger partial charge in [-0.3, -0.25) is 9.98 Å². The Labute approximate surface area is 169 Å². The van der Waals surface area contributed by atoms with Gasteiger partial charge < -0.3 is 14.2 Å². The normalized spacial score (nSPS) is 23.6. The second-order valence-electron chi connectivity index (χ2n) is 7.19. The number of methoxy groups -OCH3 is 1. The first-order chi connectivity index (χ1) is 13.7. The molecule has 0 unspecified atom stereocenters. The smallest absolute Gasteiger partial charge is 0.160 e. The Morgan fingerprint density at radius 1 is 1.11 bits per heavy atom. The number of hydrogen-bond acceptors (Lipinski definition) is 5. The fraction of sp³-hybridized carbons (Fsp3) is 0.273. The molecule has 1 saturated heterocycles. The van der Waals surface area contributed by atoms with Crippen molar-refractivity contribution in [3.8, 4) is 11.4 Å². The molecule has 4 heterocycles. The van der Waals surface area contributed by atoms with Gasteiger partial charge in [0.25, 0.3) is 0 Å². The van der Waals surface area contributed by atoms with Gasteiger partial charge in [-0.15, -0.1) is 0 Å². The molecule has 2 aromatic heterocycles. The Hall–Kier alpha value is -2.73. The molecule has 142 valence electrons. The predicted molar refractivity (Wildman–Crippen MR) is 113 cm³/mol. The van der Waals surface area contributed by atoms with Gasteiger partial charge in [0.05, 0.1) is 18.8 Å². The molecule has 0 aliphatic carbocycles. The summed E-state index contributed by atoms with van der Waals surface area (Å²) in [4.78, 5) is 12.1. The molecule has 3 aromatic rings. The molecule has 6 heteroatoms. The van der Waals surface area contributed by atoms with Crippen LogP contribution >= 0.6 is 11.8 Å². The maximum absolute atomic E-state index is 5.27. The number of hydrogen-bond donors (Lipinski definition) is 0. The quantitative estimate of drug-likeness (QED) is 0.659. The van der Waals surface area contributed by atoms with E-state index in [1.54, 1.807) is 7.11 Å². The van der Waals surface area contributed by atoms with Gasteiger partial charge >= 0.3 is 0 Å². The maximum atomic E-state index is 5.27. The van der Waals surface area contributed by atoms with Crippen molar-refractivity contribution in [2.45, 2.75) is 24.3 Å². The van der Waals surface area contributed by atoms with E-state index in [1.165, 1.54) is 5.56 Å². The molecule has 0 spiro atoms. The fourth-order valence-corrected chi connectivity index (χ4v) is 5.07. The molecule has 3 atom stereocenters. The van der Waals surface area contributed by atoms with Crippen LogP contribution in [0.3, 0.4) is 0 Å². The average molecular weight is 391 g/mol. The van der Waals surface area contributed by atoms with Crippen LogP contribution in [0, 0.1) is 0 Å². The Bertz CT molecular complexity index is 999. The van der Waals surface area contributed by atoms with Gasteiger partial charge in [-0.25, -0.2) is 0 Å². The second-order valence-corrected chi connectivity index (χ2v) is 8.59. The second kappa shape index (κ2) is 7.02. The summed E-state index contributed by atoms with van der Waals surface area (Å²) < 4.78 is 7.43. The molecule has 1 aromatic carbocycles. The molecular formula is C22H22N4OS. The van der Waals surface area contributed by atoms with Crippen LogP contribution in [0.15, 0.2) is 72.1 Å². The molecule has 5 nitrogen and oxygen atoms in total. The number of fused-ring (bicyclic) bond motifs is 1. The zero-order chi connectivity index (χ0) is 19.1. The zero-order valence-corrected chi connectivity index (χ0v) is 16.7. The standard InChI is InChI=1S/C22H22N4OS/c1-15-13-26-21(20(24-22(26)28-15)19-5-3-4-11-23-19)16-10-12-25(14-16)17-6-8-18(27-2)9-7-17/h3-12,14-15,20-21H,13H2,1-2H3/t15-,20+,21-/m0/s1. The molecule has 1 fully saturated rings. The van der Waals surface area contributed by atoms with Gasteiger partial charge in [-0.2, -0.15) is 0 Å². The minimum Gasteiger partial charge on any atom is -0.497 e. The number of thioether (sulfide) groups is 1. The van der Waals surface area contributed by atoms with Gasteiger partial charge in [0.15, 0.2) is 5.17 Å². The third kappa shape index (κ3) is 2.98. The number of aromatic nitrogens is 2. The summed E-state index contributed by atoms with van der Waals surface area (Å²) in [5.41, 5.74) is 3.41. The van der Waals surface area contributed by atoms with E-state index in [0.29, 0.717) is 5.25 Å². The van der Waals surface area contributed by atoms with Crippen molar-refractivity contribution in [3.05, 3.63) is 78.4 Å². The Kier molecular flexibility index (Phi) is 4.36. The van der Waals surface area contributed by atoms with Crippen LogP contribution in [0.1, 0.15) is 30.3 Å². The summed E-state index contributed by atoms with van der Waals surface area (Å²) in [6, 6.07) is 16.6. The van der Waals surface area contributed by atoms with E-state index >= 15 is 0 Å². The summed E-state index contributed by atoms with van der Waals surface area (Å²) in [6.07, 6.45) is 6.19. The zero-order valence-electron chi connectivity index (χ0n) is 15.9. The molecular weight excluding hydrogens is 368 g/mol. The monoisotopic (exact) mass is 390 g/mol. The van der Waals surface area contributed by atoms with Crippen LogP contribution in [-0.4, -0.2) is 38.5 Å². The number of nitrogens with zero attached hydrogens (tertiary/aromatic N) is 4. The SMILES string of the molecule is COc1ccc(-n2ccc([C@H]3[C@@H](c4ccccn4)N=C4S[C@@H](C)CN43)c2)cc1. The van der Waals surface area contributed by atoms with Gasteiger partial charge in [-0.05, 0) is 48.0 Å².